The molecule has 3 aromatic rings. The molecule has 0 aliphatic heterocycles. The molecule has 0 saturated heterocycles. The van der Waals surface area contributed by atoms with Gasteiger partial charge in [0.05, 0.1) is 5.69 Å². The van der Waals surface area contributed by atoms with Crippen molar-refractivity contribution in [2.45, 2.75) is 45.1 Å². The second kappa shape index (κ2) is 10.1. The number of amides is 1. The van der Waals surface area contributed by atoms with Gasteiger partial charge in [-0.2, -0.15) is 5.10 Å². The molecule has 1 N–H and O–H groups in total. The molecule has 158 valence electrons. The Labute approximate surface area is 188 Å². The minimum atomic E-state index is -0.0626. The number of likely N-dealkylation sites (N-methyl/N-ethyl adjacent to an activating group) is 1. The smallest absolute Gasteiger partial charge is 0.271 e. The predicted octanol–water partition coefficient (Wildman–Crippen LogP) is 6.16. The third kappa shape index (κ3) is 5.44. The highest BCUT2D eigenvalue weighted by atomic mass is 35.5. The molecule has 0 saturated carbocycles. The zero-order chi connectivity index (χ0) is 21.7. The Morgan fingerprint density at radius 3 is 2.27 bits per heavy atom. The van der Waals surface area contributed by atoms with E-state index in [2.05, 4.69) is 24.0 Å². The van der Waals surface area contributed by atoms with Gasteiger partial charge in [-0.15, -0.1) is 0 Å². The van der Waals surface area contributed by atoms with Crippen LogP contribution in [0.5, 0.6) is 0 Å². The van der Waals surface area contributed by atoms with Gasteiger partial charge in [-0.25, -0.2) is 0 Å². The third-order valence-electron chi connectivity index (χ3n) is 5.55. The molecule has 6 heteroatoms. The van der Waals surface area contributed by atoms with E-state index in [9.17, 15) is 4.79 Å². The van der Waals surface area contributed by atoms with Gasteiger partial charge in [-0.3, -0.25) is 9.89 Å². The monoisotopic (exact) mass is 443 g/mol. The molecule has 30 heavy (non-hydrogen) atoms. The fourth-order valence-electron chi connectivity index (χ4n) is 3.65. The first kappa shape index (κ1) is 22.4. The SMILES string of the molecule is CCCc1cc(C(=O)N(C)C(C)C(Cc2ccc(Cl)cc2)c2ccc(Cl)cc2)[nH]n1. The van der Waals surface area contributed by atoms with Crippen molar-refractivity contribution >= 4 is 29.1 Å². The second-order valence-corrected chi connectivity index (χ2v) is 8.54. The summed E-state index contributed by atoms with van der Waals surface area (Å²) in [5.41, 5.74) is 3.74. The first-order chi connectivity index (χ1) is 14.4. The summed E-state index contributed by atoms with van der Waals surface area (Å²) in [6.07, 6.45) is 2.62. The minimum absolute atomic E-state index is 0.0488. The Bertz CT molecular complexity index is 967. The number of rotatable bonds is 8. The highest BCUT2D eigenvalue weighted by Gasteiger charge is 2.28. The molecule has 3 rings (SSSR count). The van der Waals surface area contributed by atoms with E-state index in [1.165, 1.54) is 5.56 Å². The largest absolute Gasteiger partial charge is 0.337 e. The average Bonchev–Trinajstić information content (AvgIpc) is 3.21. The lowest BCUT2D eigenvalue weighted by Crippen LogP contribution is -2.40. The number of carbonyl (C=O) groups is 1. The average molecular weight is 444 g/mol. The highest BCUT2D eigenvalue weighted by Crippen LogP contribution is 2.29. The number of hydrogen-bond donors (Lipinski definition) is 1. The molecule has 4 nitrogen and oxygen atoms in total. The van der Waals surface area contributed by atoms with Crippen LogP contribution in [0.1, 0.15) is 53.5 Å². The number of benzene rings is 2. The van der Waals surface area contributed by atoms with Crippen LogP contribution in [0.3, 0.4) is 0 Å². The van der Waals surface area contributed by atoms with E-state index in [1.807, 2.05) is 61.6 Å². The topological polar surface area (TPSA) is 49.0 Å². The van der Waals surface area contributed by atoms with Gasteiger partial charge in [0.15, 0.2) is 0 Å². The Kier molecular flexibility index (Phi) is 7.57. The van der Waals surface area contributed by atoms with Crippen LogP contribution in [0, 0.1) is 0 Å². The van der Waals surface area contributed by atoms with Crippen LogP contribution < -0.4 is 0 Å². The molecule has 0 radical (unpaired) electrons. The molecule has 2 unspecified atom stereocenters. The van der Waals surface area contributed by atoms with Crippen molar-refractivity contribution in [3.63, 3.8) is 0 Å². The number of halogens is 2. The number of carbonyl (C=O) groups excluding carboxylic acids is 1. The summed E-state index contributed by atoms with van der Waals surface area (Å²) < 4.78 is 0. The summed E-state index contributed by atoms with van der Waals surface area (Å²) in [5, 5.41) is 8.56. The quantitative estimate of drug-likeness (QED) is 0.453. The lowest BCUT2D eigenvalue weighted by atomic mass is 9.86. The van der Waals surface area contributed by atoms with Gasteiger partial charge < -0.3 is 4.90 Å². The molecule has 0 fully saturated rings. The summed E-state index contributed by atoms with van der Waals surface area (Å²) in [6.45, 7) is 4.17. The standard InChI is InChI=1S/C24H27Cl2N3O/c1-4-5-21-15-23(28-27-21)24(30)29(3)16(2)22(18-8-12-20(26)13-9-18)14-17-6-10-19(25)11-7-17/h6-13,15-16,22H,4-5,14H2,1-3H3,(H,27,28). The van der Waals surface area contributed by atoms with Crippen molar-refractivity contribution in [2.24, 2.45) is 0 Å². The van der Waals surface area contributed by atoms with Gasteiger partial charge in [-0.05, 0) is 61.2 Å². The lowest BCUT2D eigenvalue weighted by Gasteiger charge is -2.32. The number of aryl methyl sites for hydroxylation is 1. The fraction of sp³-hybridized carbons (Fsp3) is 0.333. The molecule has 0 spiro atoms. The van der Waals surface area contributed by atoms with Crippen molar-refractivity contribution in [1.82, 2.24) is 15.1 Å². The fourth-order valence-corrected chi connectivity index (χ4v) is 3.91. The van der Waals surface area contributed by atoms with E-state index in [0.717, 1.165) is 30.5 Å². The normalized spacial score (nSPS) is 13.1. The van der Waals surface area contributed by atoms with E-state index in [0.29, 0.717) is 15.7 Å². The maximum absolute atomic E-state index is 13.1. The number of nitrogens with zero attached hydrogens (tertiary/aromatic N) is 2. The minimum Gasteiger partial charge on any atom is -0.337 e. The molecule has 1 aromatic heterocycles. The van der Waals surface area contributed by atoms with Crippen LogP contribution in [0.2, 0.25) is 10.0 Å². The van der Waals surface area contributed by atoms with Crippen molar-refractivity contribution < 1.29 is 4.79 Å². The maximum atomic E-state index is 13.1. The maximum Gasteiger partial charge on any atom is 0.271 e. The van der Waals surface area contributed by atoms with Crippen molar-refractivity contribution in [1.29, 1.82) is 0 Å². The van der Waals surface area contributed by atoms with Crippen molar-refractivity contribution in [3.8, 4) is 0 Å². The number of hydrogen-bond acceptors (Lipinski definition) is 2. The van der Waals surface area contributed by atoms with Crippen LogP contribution in [-0.4, -0.2) is 34.1 Å². The molecule has 0 bridgehead atoms. The highest BCUT2D eigenvalue weighted by molar-refractivity contribution is 6.30. The van der Waals surface area contributed by atoms with Gasteiger partial charge in [0, 0.05) is 29.1 Å². The number of nitrogens with one attached hydrogen (secondary N) is 1. The Hall–Kier alpha value is -2.30. The van der Waals surface area contributed by atoms with Crippen LogP contribution in [0.15, 0.2) is 54.6 Å². The van der Waals surface area contributed by atoms with Crippen LogP contribution in [0.25, 0.3) is 0 Å². The lowest BCUT2D eigenvalue weighted by molar-refractivity contribution is 0.0715. The summed E-state index contributed by atoms with van der Waals surface area (Å²) in [7, 11) is 1.85. The first-order valence-corrected chi connectivity index (χ1v) is 11.0. The molecular formula is C24H27Cl2N3O. The molecule has 0 aliphatic carbocycles. The molecule has 1 amide bonds. The predicted molar refractivity (Wildman–Crippen MR) is 123 cm³/mol. The van der Waals surface area contributed by atoms with Crippen LogP contribution >= 0.6 is 23.2 Å². The molecule has 2 aromatic carbocycles. The van der Waals surface area contributed by atoms with Gasteiger partial charge >= 0.3 is 0 Å². The van der Waals surface area contributed by atoms with Gasteiger partial charge in [0.1, 0.15) is 5.69 Å². The molecule has 2 atom stereocenters. The van der Waals surface area contributed by atoms with Crippen molar-refractivity contribution in [3.05, 3.63) is 87.2 Å². The van der Waals surface area contributed by atoms with E-state index in [4.69, 9.17) is 23.2 Å². The number of aromatic nitrogens is 2. The number of aromatic amines is 1. The molecule has 0 aliphatic rings. The van der Waals surface area contributed by atoms with Gasteiger partial charge in [0.25, 0.3) is 5.91 Å². The second-order valence-electron chi connectivity index (χ2n) is 7.67. The Morgan fingerprint density at radius 2 is 1.67 bits per heavy atom. The van der Waals surface area contributed by atoms with E-state index in [-0.39, 0.29) is 17.9 Å². The van der Waals surface area contributed by atoms with E-state index in [1.54, 1.807) is 4.90 Å². The summed E-state index contributed by atoms with van der Waals surface area (Å²) in [5.74, 6) is 0.0304. The van der Waals surface area contributed by atoms with Gasteiger partial charge in [0.2, 0.25) is 0 Å². The van der Waals surface area contributed by atoms with Gasteiger partial charge in [-0.1, -0.05) is 60.8 Å². The Morgan fingerprint density at radius 1 is 1.07 bits per heavy atom. The van der Waals surface area contributed by atoms with E-state index >= 15 is 0 Å². The zero-order valence-corrected chi connectivity index (χ0v) is 19.0. The van der Waals surface area contributed by atoms with Crippen LogP contribution in [0.4, 0.5) is 0 Å². The summed E-state index contributed by atoms with van der Waals surface area (Å²) >= 11 is 12.2. The third-order valence-corrected chi connectivity index (χ3v) is 6.05. The summed E-state index contributed by atoms with van der Waals surface area (Å²) in [4.78, 5) is 14.9. The molecular weight excluding hydrogens is 417 g/mol. The van der Waals surface area contributed by atoms with Crippen LogP contribution in [-0.2, 0) is 12.8 Å². The molecule has 1 heterocycles. The zero-order valence-electron chi connectivity index (χ0n) is 17.5. The first-order valence-electron chi connectivity index (χ1n) is 10.2. The van der Waals surface area contributed by atoms with E-state index < -0.39 is 0 Å². The number of H-pyrrole nitrogens is 1. The summed E-state index contributed by atoms with van der Waals surface area (Å²) in [6, 6.07) is 17.5. The Balaban J connectivity index is 1.85. The van der Waals surface area contributed by atoms with Crippen molar-refractivity contribution in [2.75, 3.05) is 7.05 Å².